The molecule has 0 saturated heterocycles. The number of hydrogen-bond donors (Lipinski definition) is 0. The van der Waals surface area contributed by atoms with E-state index in [1.54, 1.807) is 31.3 Å². The predicted octanol–water partition coefficient (Wildman–Crippen LogP) is 3.07. The summed E-state index contributed by atoms with van der Waals surface area (Å²) in [5.74, 6) is -0.0522. The van der Waals surface area contributed by atoms with Gasteiger partial charge in [0.25, 0.3) is 5.91 Å². The van der Waals surface area contributed by atoms with Crippen molar-refractivity contribution in [1.29, 1.82) is 0 Å². The fourth-order valence-corrected chi connectivity index (χ4v) is 2.63. The molecule has 0 N–H and O–H groups in total. The smallest absolute Gasteiger partial charge is 0.331 e. The molecular formula is C22H24FNO6. The summed E-state index contributed by atoms with van der Waals surface area (Å²) in [5.41, 5.74) is 1.21. The molecule has 1 amide bonds. The quantitative estimate of drug-likeness (QED) is 0.461. The topological polar surface area (TPSA) is 74.3 Å². The summed E-state index contributed by atoms with van der Waals surface area (Å²) in [6, 6.07) is 9.23. The molecule has 7 nitrogen and oxygen atoms in total. The highest BCUT2D eigenvalue weighted by Gasteiger charge is 2.13. The van der Waals surface area contributed by atoms with E-state index in [2.05, 4.69) is 0 Å². The molecule has 0 radical (unpaired) electrons. The molecule has 0 spiro atoms. The molecule has 0 fully saturated rings. The Hall–Kier alpha value is -3.55. The van der Waals surface area contributed by atoms with Crippen molar-refractivity contribution >= 4 is 18.0 Å². The number of ether oxygens (including phenoxy) is 4. The van der Waals surface area contributed by atoms with Crippen LogP contribution >= 0.6 is 0 Å². The van der Waals surface area contributed by atoms with Gasteiger partial charge < -0.3 is 23.8 Å². The molecule has 0 aliphatic rings. The number of hydrogen-bond acceptors (Lipinski definition) is 6. The van der Waals surface area contributed by atoms with Crippen molar-refractivity contribution in [2.45, 2.75) is 6.54 Å². The van der Waals surface area contributed by atoms with Gasteiger partial charge in [-0.3, -0.25) is 4.79 Å². The number of amides is 1. The van der Waals surface area contributed by atoms with Gasteiger partial charge in [-0.05, 0) is 29.8 Å². The number of benzene rings is 2. The maximum Gasteiger partial charge on any atom is 0.331 e. The largest absolute Gasteiger partial charge is 0.496 e. The Labute approximate surface area is 174 Å². The van der Waals surface area contributed by atoms with E-state index < -0.39 is 18.5 Å². The Balaban J connectivity index is 1.95. The maximum atomic E-state index is 13.2. The zero-order valence-electron chi connectivity index (χ0n) is 17.3. The number of rotatable bonds is 9. The summed E-state index contributed by atoms with van der Waals surface area (Å²) < 4.78 is 34.0. The van der Waals surface area contributed by atoms with E-state index in [0.717, 1.165) is 0 Å². The summed E-state index contributed by atoms with van der Waals surface area (Å²) in [5, 5.41) is 0. The minimum Gasteiger partial charge on any atom is -0.496 e. The SMILES string of the molecule is COc1cc(OC)c(OC)cc1/C=C/C(=O)OCC(=O)N(C)Cc1cccc(F)c1. The third-order valence-corrected chi connectivity index (χ3v) is 4.21. The Morgan fingerprint density at radius 1 is 1.00 bits per heavy atom. The standard InChI is InChI=1S/C22H24FNO6/c1-24(13-15-6-5-7-17(23)10-15)21(25)14-30-22(26)9-8-16-11-19(28-3)20(29-4)12-18(16)27-2/h5-12H,13-14H2,1-4H3/b9-8+. The number of nitrogens with zero attached hydrogens (tertiary/aromatic N) is 1. The number of methoxy groups -OCH3 is 3. The minimum absolute atomic E-state index is 0.201. The van der Waals surface area contributed by atoms with Crippen LogP contribution in [0.15, 0.2) is 42.5 Å². The van der Waals surface area contributed by atoms with Gasteiger partial charge in [-0.25, -0.2) is 9.18 Å². The zero-order chi connectivity index (χ0) is 22.1. The Bertz CT molecular complexity index is 928. The summed E-state index contributed by atoms with van der Waals surface area (Å²) in [7, 11) is 6.04. The van der Waals surface area contributed by atoms with Crippen LogP contribution in [-0.2, 0) is 20.9 Å². The van der Waals surface area contributed by atoms with Crippen LogP contribution in [0.1, 0.15) is 11.1 Å². The second-order valence-electron chi connectivity index (χ2n) is 6.27. The van der Waals surface area contributed by atoms with Gasteiger partial charge in [-0.2, -0.15) is 0 Å². The van der Waals surface area contributed by atoms with Crippen molar-refractivity contribution in [3.63, 3.8) is 0 Å². The predicted molar refractivity (Wildman–Crippen MR) is 109 cm³/mol. The second-order valence-corrected chi connectivity index (χ2v) is 6.27. The Morgan fingerprint density at radius 3 is 2.30 bits per heavy atom. The number of likely N-dealkylation sites (N-methyl/N-ethyl adjacent to an activating group) is 1. The van der Waals surface area contributed by atoms with Gasteiger partial charge >= 0.3 is 5.97 Å². The molecule has 2 aromatic rings. The van der Waals surface area contributed by atoms with Gasteiger partial charge in [0.05, 0.1) is 21.3 Å². The van der Waals surface area contributed by atoms with Crippen LogP contribution in [0.25, 0.3) is 6.08 Å². The highest BCUT2D eigenvalue weighted by molar-refractivity contribution is 5.89. The number of carbonyl (C=O) groups excluding carboxylic acids is 2. The normalized spacial score (nSPS) is 10.6. The molecule has 2 rings (SSSR count). The first-order chi connectivity index (χ1) is 14.4. The van der Waals surface area contributed by atoms with Crippen molar-refractivity contribution < 1.29 is 32.9 Å². The zero-order valence-corrected chi connectivity index (χ0v) is 17.3. The van der Waals surface area contributed by atoms with Crippen LogP contribution in [0, 0.1) is 5.82 Å². The molecule has 0 bridgehead atoms. The lowest BCUT2D eigenvalue weighted by atomic mass is 10.1. The second kappa shape index (κ2) is 10.8. The molecule has 2 aromatic carbocycles. The third-order valence-electron chi connectivity index (χ3n) is 4.21. The van der Waals surface area contributed by atoms with Gasteiger partial charge in [0, 0.05) is 31.3 Å². The lowest BCUT2D eigenvalue weighted by Crippen LogP contribution is -2.30. The highest BCUT2D eigenvalue weighted by Crippen LogP contribution is 2.35. The molecular weight excluding hydrogens is 393 g/mol. The number of carbonyl (C=O) groups is 2. The lowest BCUT2D eigenvalue weighted by Gasteiger charge is -2.17. The highest BCUT2D eigenvalue weighted by atomic mass is 19.1. The first-order valence-corrected chi connectivity index (χ1v) is 9.01. The molecule has 0 aliphatic carbocycles. The summed E-state index contributed by atoms with van der Waals surface area (Å²) in [4.78, 5) is 25.5. The molecule has 0 aliphatic heterocycles. The molecule has 160 valence electrons. The molecule has 0 unspecified atom stereocenters. The minimum atomic E-state index is -0.695. The Morgan fingerprint density at radius 2 is 1.67 bits per heavy atom. The van der Waals surface area contributed by atoms with Crippen LogP contribution in [0.3, 0.4) is 0 Å². The van der Waals surface area contributed by atoms with E-state index in [1.807, 2.05) is 0 Å². The fourth-order valence-electron chi connectivity index (χ4n) is 2.63. The monoisotopic (exact) mass is 417 g/mol. The van der Waals surface area contributed by atoms with Gasteiger partial charge in [0.15, 0.2) is 18.1 Å². The van der Waals surface area contributed by atoms with Gasteiger partial charge in [0.1, 0.15) is 11.6 Å². The van der Waals surface area contributed by atoms with Crippen molar-refractivity contribution in [2.75, 3.05) is 35.0 Å². The van der Waals surface area contributed by atoms with Crippen molar-refractivity contribution in [3.05, 3.63) is 59.4 Å². The van der Waals surface area contributed by atoms with Crippen molar-refractivity contribution in [2.24, 2.45) is 0 Å². The molecule has 0 atom stereocenters. The van der Waals surface area contributed by atoms with E-state index in [9.17, 15) is 14.0 Å². The van der Waals surface area contributed by atoms with Gasteiger partial charge in [0.2, 0.25) is 0 Å². The van der Waals surface area contributed by atoms with Crippen LogP contribution in [-0.4, -0.2) is 51.8 Å². The molecule has 0 aromatic heterocycles. The van der Waals surface area contributed by atoms with E-state index in [4.69, 9.17) is 18.9 Å². The van der Waals surface area contributed by atoms with E-state index >= 15 is 0 Å². The van der Waals surface area contributed by atoms with Crippen LogP contribution in [0.5, 0.6) is 17.2 Å². The molecule has 8 heteroatoms. The average molecular weight is 417 g/mol. The van der Waals surface area contributed by atoms with Crippen LogP contribution < -0.4 is 14.2 Å². The summed E-state index contributed by atoms with van der Waals surface area (Å²) in [6.45, 7) is -0.231. The third kappa shape index (κ3) is 6.23. The average Bonchev–Trinajstić information content (AvgIpc) is 2.75. The van der Waals surface area contributed by atoms with Gasteiger partial charge in [-0.15, -0.1) is 0 Å². The Kier molecular flexibility index (Phi) is 8.22. The summed E-state index contributed by atoms with van der Waals surface area (Å²) in [6.07, 6.45) is 2.67. The van der Waals surface area contributed by atoms with Crippen LogP contribution in [0.4, 0.5) is 4.39 Å². The van der Waals surface area contributed by atoms with E-state index in [0.29, 0.717) is 28.4 Å². The number of esters is 1. The fraction of sp³-hybridized carbons (Fsp3) is 0.273. The van der Waals surface area contributed by atoms with Gasteiger partial charge in [-0.1, -0.05) is 12.1 Å². The van der Waals surface area contributed by atoms with E-state index in [1.165, 1.54) is 50.5 Å². The number of halogens is 1. The van der Waals surface area contributed by atoms with Crippen molar-refractivity contribution in [1.82, 2.24) is 4.90 Å². The van der Waals surface area contributed by atoms with Crippen molar-refractivity contribution in [3.8, 4) is 17.2 Å². The maximum absolute atomic E-state index is 13.2. The first kappa shape index (κ1) is 22.7. The lowest BCUT2D eigenvalue weighted by molar-refractivity contribution is -0.147. The molecule has 0 saturated carbocycles. The molecule has 0 heterocycles. The molecule has 30 heavy (non-hydrogen) atoms. The first-order valence-electron chi connectivity index (χ1n) is 9.01. The summed E-state index contributed by atoms with van der Waals surface area (Å²) >= 11 is 0. The van der Waals surface area contributed by atoms with Crippen LogP contribution in [0.2, 0.25) is 0 Å². The van der Waals surface area contributed by atoms with E-state index in [-0.39, 0.29) is 12.4 Å².